The van der Waals surface area contributed by atoms with Crippen molar-refractivity contribution in [1.82, 2.24) is 5.43 Å². The molecule has 0 saturated heterocycles. The largest absolute Gasteiger partial charge is 0.271 e. The van der Waals surface area contributed by atoms with Gasteiger partial charge in [0.1, 0.15) is 5.82 Å². The smallest absolute Gasteiger partial charge is 0.123 e. The van der Waals surface area contributed by atoms with E-state index in [1.807, 2.05) is 25.1 Å². The fourth-order valence-corrected chi connectivity index (χ4v) is 2.46. The summed E-state index contributed by atoms with van der Waals surface area (Å²) in [6.45, 7) is 2.02. The van der Waals surface area contributed by atoms with Crippen LogP contribution in [0.2, 0.25) is 0 Å². The second-order valence-corrected chi connectivity index (χ2v) is 5.07. The molecule has 18 heavy (non-hydrogen) atoms. The first kappa shape index (κ1) is 13.2. The Kier molecular flexibility index (Phi) is 4.11. The molecule has 2 aromatic rings. The maximum Gasteiger partial charge on any atom is 0.123 e. The highest BCUT2D eigenvalue weighted by molar-refractivity contribution is 9.10. The molecule has 4 heteroatoms. The lowest BCUT2D eigenvalue weighted by molar-refractivity contribution is 0.614. The van der Waals surface area contributed by atoms with Gasteiger partial charge in [-0.3, -0.25) is 5.84 Å². The molecule has 2 rings (SSSR count). The van der Waals surface area contributed by atoms with Crippen molar-refractivity contribution in [3.63, 3.8) is 0 Å². The summed E-state index contributed by atoms with van der Waals surface area (Å²) < 4.78 is 14.0. The first-order valence-electron chi connectivity index (χ1n) is 5.59. The van der Waals surface area contributed by atoms with Crippen LogP contribution >= 0.6 is 15.9 Å². The summed E-state index contributed by atoms with van der Waals surface area (Å²) in [5, 5.41) is 0. The monoisotopic (exact) mass is 308 g/mol. The van der Waals surface area contributed by atoms with Gasteiger partial charge in [0.05, 0.1) is 6.04 Å². The number of aryl methyl sites for hydroxylation is 1. The SMILES string of the molecule is Cc1cc(Br)ccc1C(NN)c1ccc(F)cc1. The summed E-state index contributed by atoms with van der Waals surface area (Å²) in [4.78, 5) is 0. The van der Waals surface area contributed by atoms with Crippen LogP contribution in [0, 0.1) is 12.7 Å². The van der Waals surface area contributed by atoms with Gasteiger partial charge in [-0.2, -0.15) is 0 Å². The van der Waals surface area contributed by atoms with Gasteiger partial charge in [0.25, 0.3) is 0 Å². The Balaban J connectivity index is 2.41. The number of hydrogen-bond donors (Lipinski definition) is 2. The van der Waals surface area contributed by atoms with Crippen LogP contribution in [-0.2, 0) is 0 Å². The van der Waals surface area contributed by atoms with Crippen molar-refractivity contribution in [2.75, 3.05) is 0 Å². The van der Waals surface area contributed by atoms with Crippen LogP contribution in [0.5, 0.6) is 0 Å². The Labute approximate surface area is 114 Å². The van der Waals surface area contributed by atoms with E-state index in [0.29, 0.717) is 0 Å². The van der Waals surface area contributed by atoms with Gasteiger partial charge in [0.2, 0.25) is 0 Å². The van der Waals surface area contributed by atoms with E-state index in [2.05, 4.69) is 21.4 Å². The molecule has 1 unspecified atom stereocenters. The van der Waals surface area contributed by atoms with Gasteiger partial charge in [-0.25, -0.2) is 9.82 Å². The van der Waals surface area contributed by atoms with Gasteiger partial charge in [-0.15, -0.1) is 0 Å². The van der Waals surface area contributed by atoms with Gasteiger partial charge >= 0.3 is 0 Å². The molecule has 0 aliphatic carbocycles. The lowest BCUT2D eigenvalue weighted by atomic mass is 9.95. The van der Waals surface area contributed by atoms with Crippen LogP contribution in [0.25, 0.3) is 0 Å². The van der Waals surface area contributed by atoms with Crippen LogP contribution in [-0.4, -0.2) is 0 Å². The first-order valence-corrected chi connectivity index (χ1v) is 6.39. The Hall–Kier alpha value is -1.23. The summed E-state index contributed by atoms with van der Waals surface area (Å²) in [6.07, 6.45) is 0. The van der Waals surface area contributed by atoms with E-state index in [1.165, 1.54) is 12.1 Å². The van der Waals surface area contributed by atoms with Crippen molar-refractivity contribution in [2.45, 2.75) is 13.0 Å². The van der Waals surface area contributed by atoms with Crippen molar-refractivity contribution < 1.29 is 4.39 Å². The normalized spacial score (nSPS) is 12.4. The van der Waals surface area contributed by atoms with Gasteiger partial charge in [0.15, 0.2) is 0 Å². The van der Waals surface area contributed by atoms with E-state index >= 15 is 0 Å². The molecule has 0 radical (unpaired) electrons. The molecule has 0 spiro atoms. The molecule has 0 aliphatic heterocycles. The fraction of sp³-hybridized carbons (Fsp3) is 0.143. The maximum atomic E-state index is 12.9. The second kappa shape index (κ2) is 5.61. The van der Waals surface area contributed by atoms with E-state index in [1.54, 1.807) is 12.1 Å². The third-order valence-electron chi connectivity index (χ3n) is 2.91. The lowest BCUT2D eigenvalue weighted by Crippen LogP contribution is -2.29. The van der Waals surface area contributed by atoms with Gasteiger partial charge in [0, 0.05) is 4.47 Å². The first-order chi connectivity index (χ1) is 8.61. The molecule has 0 fully saturated rings. The maximum absolute atomic E-state index is 12.9. The molecule has 0 bridgehead atoms. The summed E-state index contributed by atoms with van der Waals surface area (Å²) in [6, 6.07) is 12.2. The number of halogens is 2. The molecule has 0 aromatic heterocycles. The van der Waals surface area contributed by atoms with E-state index in [4.69, 9.17) is 5.84 Å². The van der Waals surface area contributed by atoms with E-state index in [9.17, 15) is 4.39 Å². The highest BCUT2D eigenvalue weighted by atomic mass is 79.9. The number of rotatable bonds is 3. The third-order valence-corrected chi connectivity index (χ3v) is 3.41. The summed E-state index contributed by atoms with van der Waals surface area (Å²) in [5.41, 5.74) is 5.91. The zero-order valence-corrected chi connectivity index (χ0v) is 11.5. The average molecular weight is 309 g/mol. The zero-order valence-electron chi connectivity index (χ0n) is 9.95. The van der Waals surface area contributed by atoms with Crippen molar-refractivity contribution in [2.24, 2.45) is 5.84 Å². The highest BCUT2D eigenvalue weighted by Crippen LogP contribution is 2.26. The minimum Gasteiger partial charge on any atom is -0.271 e. The zero-order chi connectivity index (χ0) is 13.1. The number of benzene rings is 2. The molecule has 3 N–H and O–H groups in total. The molecule has 0 amide bonds. The Morgan fingerprint density at radius 2 is 1.83 bits per heavy atom. The number of hydrogen-bond acceptors (Lipinski definition) is 2. The lowest BCUT2D eigenvalue weighted by Gasteiger charge is -2.19. The standard InChI is InChI=1S/C14H14BrFN2/c1-9-8-11(15)4-7-13(9)14(18-17)10-2-5-12(16)6-3-10/h2-8,14,18H,17H2,1H3. The molecule has 2 nitrogen and oxygen atoms in total. The summed E-state index contributed by atoms with van der Waals surface area (Å²) >= 11 is 3.43. The molecule has 2 aromatic carbocycles. The van der Waals surface area contributed by atoms with Crippen LogP contribution < -0.4 is 11.3 Å². The highest BCUT2D eigenvalue weighted by Gasteiger charge is 2.14. The van der Waals surface area contributed by atoms with Gasteiger partial charge in [-0.05, 0) is 47.9 Å². The van der Waals surface area contributed by atoms with Crippen molar-refractivity contribution >= 4 is 15.9 Å². The Morgan fingerprint density at radius 1 is 1.17 bits per heavy atom. The quantitative estimate of drug-likeness (QED) is 0.673. The Bertz CT molecular complexity index is 540. The predicted molar refractivity (Wildman–Crippen MR) is 74.4 cm³/mol. The summed E-state index contributed by atoms with van der Waals surface area (Å²) in [5.74, 6) is 5.38. The minimum absolute atomic E-state index is 0.140. The van der Waals surface area contributed by atoms with E-state index in [-0.39, 0.29) is 11.9 Å². The molecule has 0 saturated carbocycles. The second-order valence-electron chi connectivity index (χ2n) is 4.15. The van der Waals surface area contributed by atoms with E-state index < -0.39 is 0 Å². The fourth-order valence-electron chi connectivity index (χ4n) is 1.98. The summed E-state index contributed by atoms with van der Waals surface area (Å²) in [7, 11) is 0. The molecular weight excluding hydrogens is 295 g/mol. The molecule has 0 heterocycles. The molecular formula is C14H14BrFN2. The third kappa shape index (κ3) is 2.77. The van der Waals surface area contributed by atoms with Gasteiger partial charge in [-0.1, -0.05) is 34.1 Å². The van der Waals surface area contributed by atoms with Crippen LogP contribution in [0.1, 0.15) is 22.7 Å². The van der Waals surface area contributed by atoms with Crippen molar-refractivity contribution in [1.29, 1.82) is 0 Å². The van der Waals surface area contributed by atoms with Crippen LogP contribution in [0.15, 0.2) is 46.9 Å². The average Bonchev–Trinajstić information content (AvgIpc) is 2.35. The molecule has 0 aliphatic rings. The van der Waals surface area contributed by atoms with Gasteiger partial charge < -0.3 is 0 Å². The topological polar surface area (TPSA) is 38.0 Å². The van der Waals surface area contributed by atoms with E-state index in [0.717, 1.165) is 21.2 Å². The Morgan fingerprint density at radius 3 is 2.39 bits per heavy atom. The van der Waals surface area contributed by atoms with Crippen molar-refractivity contribution in [3.05, 3.63) is 69.4 Å². The number of nitrogens with one attached hydrogen (secondary N) is 1. The predicted octanol–water partition coefficient (Wildman–Crippen LogP) is 3.45. The van der Waals surface area contributed by atoms with Crippen LogP contribution in [0.3, 0.4) is 0 Å². The number of hydrazine groups is 1. The minimum atomic E-state index is -0.248. The number of nitrogens with two attached hydrogens (primary N) is 1. The van der Waals surface area contributed by atoms with Crippen LogP contribution in [0.4, 0.5) is 4.39 Å². The molecule has 1 atom stereocenters. The van der Waals surface area contributed by atoms with Crippen molar-refractivity contribution in [3.8, 4) is 0 Å². The molecule has 94 valence electrons.